The highest BCUT2D eigenvalue weighted by Gasteiger charge is 2.48. The minimum absolute atomic E-state index is 0.138. The maximum absolute atomic E-state index is 11.3. The van der Waals surface area contributed by atoms with E-state index < -0.39 is 17.5 Å². The third kappa shape index (κ3) is 2.12. The van der Waals surface area contributed by atoms with Gasteiger partial charge in [-0.2, -0.15) is 0 Å². The lowest BCUT2D eigenvalue weighted by Gasteiger charge is -2.43. The molecular formula is C9H19N3O3. The first kappa shape index (κ1) is 12.4. The van der Waals surface area contributed by atoms with Gasteiger partial charge in [0.15, 0.2) is 0 Å². The molecule has 1 amide bonds. The molecule has 88 valence electrons. The molecule has 0 saturated heterocycles. The number of nitrogens with two attached hydrogens (primary N) is 3. The van der Waals surface area contributed by atoms with Gasteiger partial charge in [0.05, 0.1) is 12.2 Å². The largest absolute Gasteiger partial charge is 0.379 e. The molecule has 0 bridgehead atoms. The molecule has 0 spiro atoms. The highest BCUT2D eigenvalue weighted by molar-refractivity contribution is 5.85. The predicted molar refractivity (Wildman–Crippen MR) is 54.9 cm³/mol. The molecule has 6 N–H and O–H groups in total. The van der Waals surface area contributed by atoms with E-state index >= 15 is 0 Å². The molecule has 1 aliphatic carbocycles. The monoisotopic (exact) mass is 217 g/mol. The number of hydrogen-bond donors (Lipinski definition) is 3. The number of primary amides is 1. The summed E-state index contributed by atoms with van der Waals surface area (Å²) in [6.45, 7) is 0. The van der Waals surface area contributed by atoms with Crippen LogP contribution in [-0.2, 0) is 14.3 Å². The molecule has 1 fully saturated rings. The molecule has 0 aromatic heterocycles. The average Bonchev–Trinajstić information content (AvgIpc) is 2.21. The van der Waals surface area contributed by atoms with Crippen LogP contribution in [0.4, 0.5) is 0 Å². The first-order valence-electron chi connectivity index (χ1n) is 4.85. The van der Waals surface area contributed by atoms with Gasteiger partial charge in [-0.05, 0) is 6.42 Å². The number of hydrogen-bond acceptors (Lipinski definition) is 5. The summed E-state index contributed by atoms with van der Waals surface area (Å²) in [5, 5.41) is 0. The zero-order valence-electron chi connectivity index (χ0n) is 9.10. The summed E-state index contributed by atoms with van der Waals surface area (Å²) < 4.78 is 10.4. The van der Waals surface area contributed by atoms with Crippen LogP contribution in [-0.4, -0.2) is 43.9 Å². The summed E-state index contributed by atoms with van der Waals surface area (Å²) in [6.07, 6.45) is 0.376. The minimum Gasteiger partial charge on any atom is -0.379 e. The van der Waals surface area contributed by atoms with Crippen molar-refractivity contribution in [2.45, 2.75) is 36.6 Å². The Bertz CT molecular complexity index is 249. The van der Waals surface area contributed by atoms with Gasteiger partial charge in [0.2, 0.25) is 5.91 Å². The summed E-state index contributed by atoms with van der Waals surface area (Å²) >= 11 is 0. The molecule has 4 atom stereocenters. The van der Waals surface area contributed by atoms with Crippen LogP contribution >= 0.6 is 0 Å². The SMILES string of the molecule is COC1CC(N)C(N)(C(N)=O)CC1OC. The van der Waals surface area contributed by atoms with Crippen molar-refractivity contribution in [2.75, 3.05) is 14.2 Å². The van der Waals surface area contributed by atoms with Crippen LogP contribution in [0.15, 0.2) is 0 Å². The van der Waals surface area contributed by atoms with E-state index in [1.807, 2.05) is 0 Å². The van der Waals surface area contributed by atoms with E-state index in [1.165, 1.54) is 0 Å². The van der Waals surface area contributed by atoms with Crippen molar-refractivity contribution < 1.29 is 14.3 Å². The van der Waals surface area contributed by atoms with Crippen molar-refractivity contribution in [3.05, 3.63) is 0 Å². The Hall–Kier alpha value is -0.690. The maximum atomic E-state index is 11.3. The number of rotatable bonds is 3. The van der Waals surface area contributed by atoms with Crippen LogP contribution in [0.5, 0.6) is 0 Å². The van der Waals surface area contributed by atoms with E-state index in [0.717, 1.165) is 0 Å². The lowest BCUT2D eigenvalue weighted by atomic mass is 9.75. The van der Waals surface area contributed by atoms with Crippen molar-refractivity contribution in [3.63, 3.8) is 0 Å². The predicted octanol–water partition coefficient (Wildman–Crippen LogP) is -1.68. The van der Waals surface area contributed by atoms with Gasteiger partial charge in [-0.25, -0.2) is 0 Å². The van der Waals surface area contributed by atoms with E-state index in [2.05, 4.69) is 0 Å². The topological polar surface area (TPSA) is 114 Å². The van der Waals surface area contributed by atoms with Crippen molar-refractivity contribution in [3.8, 4) is 0 Å². The Balaban J connectivity index is 2.84. The van der Waals surface area contributed by atoms with E-state index in [1.54, 1.807) is 14.2 Å². The highest BCUT2D eigenvalue weighted by Crippen LogP contribution is 2.28. The Kier molecular flexibility index (Phi) is 3.67. The Labute approximate surface area is 89.1 Å². The zero-order chi connectivity index (χ0) is 11.6. The fourth-order valence-corrected chi connectivity index (χ4v) is 1.99. The molecule has 0 aliphatic heterocycles. The average molecular weight is 217 g/mol. The second kappa shape index (κ2) is 4.44. The van der Waals surface area contributed by atoms with Gasteiger partial charge >= 0.3 is 0 Å². The van der Waals surface area contributed by atoms with Gasteiger partial charge in [-0.15, -0.1) is 0 Å². The summed E-state index contributed by atoms with van der Waals surface area (Å²) in [5.41, 5.74) is 15.8. The molecule has 6 nitrogen and oxygen atoms in total. The van der Waals surface area contributed by atoms with Crippen molar-refractivity contribution in [1.29, 1.82) is 0 Å². The van der Waals surface area contributed by atoms with Crippen molar-refractivity contribution >= 4 is 5.91 Å². The van der Waals surface area contributed by atoms with Gasteiger partial charge in [0, 0.05) is 26.7 Å². The molecule has 0 aromatic rings. The molecule has 15 heavy (non-hydrogen) atoms. The molecule has 0 aromatic carbocycles. The summed E-state index contributed by atoms with van der Waals surface area (Å²) in [5.74, 6) is -0.591. The van der Waals surface area contributed by atoms with Gasteiger partial charge < -0.3 is 26.7 Å². The summed E-state index contributed by atoms with van der Waals surface area (Å²) in [6, 6.07) is -0.494. The van der Waals surface area contributed by atoms with Crippen LogP contribution in [0, 0.1) is 0 Å². The third-order valence-corrected chi connectivity index (χ3v) is 3.17. The first-order valence-corrected chi connectivity index (χ1v) is 4.85. The lowest BCUT2D eigenvalue weighted by Crippen LogP contribution is -2.69. The Morgan fingerprint density at radius 1 is 1.33 bits per heavy atom. The summed E-state index contributed by atoms with van der Waals surface area (Å²) in [7, 11) is 3.13. The number of carbonyl (C=O) groups excluding carboxylic acids is 1. The van der Waals surface area contributed by atoms with Gasteiger partial charge in [-0.1, -0.05) is 0 Å². The molecular weight excluding hydrogens is 198 g/mol. The number of amides is 1. The molecule has 6 heteroatoms. The van der Waals surface area contributed by atoms with Gasteiger partial charge in [-0.3, -0.25) is 4.79 Å². The van der Waals surface area contributed by atoms with Crippen LogP contribution in [0.2, 0.25) is 0 Å². The standard InChI is InChI=1S/C9H19N3O3/c1-14-5-3-7(10)9(12,8(11)13)4-6(5)15-2/h5-7H,3-4,10,12H2,1-2H3,(H2,11,13). The molecule has 1 saturated carbocycles. The van der Waals surface area contributed by atoms with E-state index in [-0.39, 0.29) is 12.2 Å². The molecule has 0 radical (unpaired) electrons. The second-order valence-corrected chi connectivity index (χ2v) is 4.00. The number of ether oxygens (including phenoxy) is 2. The summed E-state index contributed by atoms with van der Waals surface area (Å²) in [4.78, 5) is 11.3. The Morgan fingerprint density at radius 2 is 1.87 bits per heavy atom. The fraction of sp³-hybridized carbons (Fsp3) is 0.889. The second-order valence-electron chi connectivity index (χ2n) is 4.00. The van der Waals surface area contributed by atoms with E-state index in [9.17, 15) is 4.79 Å². The van der Waals surface area contributed by atoms with Crippen LogP contribution in [0.25, 0.3) is 0 Å². The number of methoxy groups -OCH3 is 2. The molecule has 1 aliphatic rings. The normalized spacial score (nSPS) is 41.5. The first-order chi connectivity index (χ1) is 6.95. The quantitative estimate of drug-likeness (QED) is 0.522. The smallest absolute Gasteiger partial charge is 0.239 e. The molecule has 0 heterocycles. The van der Waals surface area contributed by atoms with Crippen LogP contribution in [0.3, 0.4) is 0 Å². The van der Waals surface area contributed by atoms with E-state index in [4.69, 9.17) is 26.7 Å². The van der Waals surface area contributed by atoms with Gasteiger partial charge in [0.1, 0.15) is 5.54 Å². The van der Waals surface area contributed by atoms with Crippen molar-refractivity contribution in [2.24, 2.45) is 17.2 Å². The van der Waals surface area contributed by atoms with Crippen LogP contribution in [0.1, 0.15) is 12.8 Å². The fourth-order valence-electron chi connectivity index (χ4n) is 1.99. The lowest BCUT2D eigenvalue weighted by molar-refractivity contribution is -0.132. The maximum Gasteiger partial charge on any atom is 0.239 e. The van der Waals surface area contributed by atoms with Crippen LogP contribution < -0.4 is 17.2 Å². The van der Waals surface area contributed by atoms with E-state index in [0.29, 0.717) is 12.8 Å². The third-order valence-electron chi connectivity index (χ3n) is 3.17. The number of carbonyl (C=O) groups is 1. The Morgan fingerprint density at radius 3 is 2.27 bits per heavy atom. The van der Waals surface area contributed by atoms with Gasteiger partial charge in [0.25, 0.3) is 0 Å². The zero-order valence-corrected chi connectivity index (χ0v) is 9.10. The molecule has 1 rings (SSSR count). The highest BCUT2D eigenvalue weighted by atomic mass is 16.5. The van der Waals surface area contributed by atoms with Crippen molar-refractivity contribution in [1.82, 2.24) is 0 Å². The molecule has 4 unspecified atom stereocenters. The minimum atomic E-state index is -1.20.